The average molecular weight is 466 g/mol. The minimum Gasteiger partial charge on any atom is -0.447 e. The molecule has 0 bridgehead atoms. The quantitative estimate of drug-likeness (QED) is 0.594. The molecule has 0 radical (unpaired) electrons. The zero-order chi connectivity index (χ0) is 24.5. The van der Waals surface area contributed by atoms with E-state index in [0.717, 1.165) is 16.7 Å². The summed E-state index contributed by atoms with van der Waals surface area (Å²) in [6.45, 7) is 11.2. The van der Waals surface area contributed by atoms with Crippen LogP contribution in [-0.4, -0.2) is 48.5 Å². The van der Waals surface area contributed by atoms with Crippen molar-refractivity contribution in [2.24, 2.45) is 11.3 Å². The molecule has 0 saturated carbocycles. The number of nitrogens with zero attached hydrogens (tertiary/aromatic N) is 1. The topological polar surface area (TPSA) is 65.1 Å². The number of hydrogen-bond acceptors (Lipinski definition) is 5. The second-order valence-corrected chi connectivity index (χ2v) is 10.6. The molecule has 34 heavy (non-hydrogen) atoms. The molecule has 0 aromatic heterocycles. The van der Waals surface area contributed by atoms with E-state index in [2.05, 4.69) is 26.8 Å². The van der Waals surface area contributed by atoms with Crippen molar-refractivity contribution < 1.29 is 23.8 Å². The lowest BCUT2D eigenvalue weighted by atomic mass is 9.66. The molecule has 2 saturated heterocycles. The standard InChI is InChI=1S/C28H35NO5/c1-19-10-9-13-21(16-19)23(27(2,3)4)24(28(5)33-14-15-34-28)25(30)29-22(18-32-26(29)31)17-20-11-7-6-8-12-20/h6-13,16,22-24H,14-15,17-18H2,1-5H3/t22?,23-,24?/m0/s1. The summed E-state index contributed by atoms with van der Waals surface area (Å²) in [4.78, 5) is 28.6. The Hall–Kier alpha value is -2.70. The summed E-state index contributed by atoms with van der Waals surface area (Å²) in [5.74, 6) is -2.46. The Morgan fingerprint density at radius 1 is 1.09 bits per heavy atom. The number of benzene rings is 2. The second kappa shape index (κ2) is 9.51. The first-order valence-corrected chi connectivity index (χ1v) is 12.0. The largest absolute Gasteiger partial charge is 0.447 e. The number of ether oxygens (including phenoxy) is 3. The average Bonchev–Trinajstić information content (AvgIpc) is 3.37. The smallest absolute Gasteiger partial charge is 0.416 e. The maximum absolute atomic E-state index is 14.4. The number of hydrogen-bond donors (Lipinski definition) is 0. The number of carbonyl (C=O) groups excluding carboxylic acids is 2. The van der Waals surface area contributed by atoms with Crippen LogP contribution in [-0.2, 0) is 25.4 Å². The van der Waals surface area contributed by atoms with E-state index in [0.29, 0.717) is 19.6 Å². The molecule has 2 heterocycles. The third kappa shape index (κ3) is 4.89. The Kier molecular flexibility index (Phi) is 6.83. The molecule has 0 N–H and O–H groups in total. The van der Waals surface area contributed by atoms with Crippen LogP contribution >= 0.6 is 0 Å². The third-order valence-electron chi connectivity index (χ3n) is 6.87. The van der Waals surface area contributed by atoms with Gasteiger partial charge in [0.2, 0.25) is 5.91 Å². The van der Waals surface area contributed by atoms with Crippen LogP contribution in [0.25, 0.3) is 0 Å². The zero-order valence-corrected chi connectivity index (χ0v) is 20.7. The summed E-state index contributed by atoms with van der Waals surface area (Å²) in [6, 6.07) is 17.7. The molecule has 2 amide bonds. The van der Waals surface area contributed by atoms with Crippen molar-refractivity contribution in [2.75, 3.05) is 19.8 Å². The lowest BCUT2D eigenvalue weighted by Gasteiger charge is -2.44. The third-order valence-corrected chi connectivity index (χ3v) is 6.87. The maximum Gasteiger partial charge on any atom is 0.416 e. The molecular weight excluding hydrogens is 430 g/mol. The van der Waals surface area contributed by atoms with Crippen LogP contribution in [0, 0.1) is 18.3 Å². The molecule has 2 unspecified atom stereocenters. The molecule has 6 nitrogen and oxygen atoms in total. The van der Waals surface area contributed by atoms with Gasteiger partial charge in [0.05, 0.1) is 25.2 Å². The highest BCUT2D eigenvalue weighted by atomic mass is 16.7. The zero-order valence-electron chi connectivity index (χ0n) is 20.7. The van der Waals surface area contributed by atoms with E-state index >= 15 is 0 Å². The highest BCUT2D eigenvalue weighted by Crippen LogP contribution is 2.48. The highest BCUT2D eigenvalue weighted by Gasteiger charge is 2.55. The fourth-order valence-corrected chi connectivity index (χ4v) is 5.35. The van der Waals surface area contributed by atoms with Gasteiger partial charge in [-0.2, -0.15) is 0 Å². The van der Waals surface area contributed by atoms with Crippen molar-refractivity contribution in [3.63, 3.8) is 0 Å². The number of rotatable bonds is 6. The number of carbonyl (C=O) groups is 2. The first-order valence-electron chi connectivity index (χ1n) is 12.0. The van der Waals surface area contributed by atoms with Crippen LogP contribution in [0.2, 0.25) is 0 Å². The van der Waals surface area contributed by atoms with Crippen LogP contribution in [0.1, 0.15) is 50.3 Å². The van der Waals surface area contributed by atoms with Gasteiger partial charge in [-0.15, -0.1) is 0 Å². The van der Waals surface area contributed by atoms with E-state index in [1.54, 1.807) is 0 Å². The molecule has 2 aromatic carbocycles. The minimum absolute atomic E-state index is 0.176. The van der Waals surface area contributed by atoms with Crippen LogP contribution < -0.4 is 0 Å². The Bertz CT molecular complexity index is 1020. The Morgan fingerprint density at radius 3 is 2.38 bits per heavy atom. The first-order chi connectivity index (χ1) is 16.1. The van der Waals surface area contributed by atoms with E-state index in [9.17, 15) is 9.59 Å². The Balaban J connectivity index is 1.77. The van der Waals surface area contributed by atoms with E-state index in [1.807, 2.05) is 62.4 Å². The van der Waals surface area contributed by atoms with Crippen molar-refractivity contribution in [1.82, 2.24) is 4.90 Å². The minimum atomic E-state index is -1.15. The van der Waals surface area contributed by atoms with Gasteiger partial charge in [-0.05, 0) is 36.8 Å². The van der Waals surface area contributed by atoms with Gasteiger partial charge in [-0.1, -0.05) is 80.9 Å². The molecule has 2 aliphatic heterocycles. The summed E-state index contributed by atoms with van der Waals surface area (Å²) < 4.78 is 17.5. The van der Waals surface area contributed by atoms with Gasteiger partial charge in [0.1, 0.15) is 6.61 Å². The summed E-state index contributed by atoms with van der Waals surface area (Å²) in [5.41, 5.74) is 2.87. The van der Waals surface area contributed by atoms with Crippen molar-refractivity contribution >= 4 is 12.0 Å². The molecular formula is C28H35NO5. The fraction of sp³-hybridized carbons (Fsp3) is 0.500. The Labute approximate surface area is 202 Å². The predicted octanol–water partition coefficient (Wildman–Crippen LogP) is 5.09. The van der Waals surface area contributed by atoms with Crippen LogP contribution in [0.5, 0.6) is 0 Å². The lowest BCUT2D eigenvalue weighted by Crippen LogP contribution is -2.54. The van der Waals surface area contributed by atoms with Crippen LogP contribution in [0.4, 0.5) is 4.79 Å². The van der Waals surface area contributed by atoms with Gasteiger partial charge in [-0.3, -0.25) is 4.79 Å². The number of cyclic esters (lactones) is 1. The molecule has 0 aliphatic carbocycles. The van der Waals surface area contributed by atoms with E-state index in [1.165, 1.54) is 4.90 Å². The summed E-state index contributed by atoms with van der Waals surface area (Å²) in [7, 11) is 0. The molecule has 0 spiro atoms. The monoisotopic (exact) mass is 465 g/mol. The van der Waals surface area contributed by atoms with Crippen molar-refractivity contribution in [3.8, 4) is 0 Å². The van der Waals surface area contributed by atoms with E-state index in [4.69, 9.17) is 14.2 Å². The predicted molar refractivity (Wildman–Crippen MR) is 129 cm³/mol. The molecule has 2 fully saturated rings. The van der Waals surface area contributed by atoms with Gasteiger partial charge in [-0.25, -0.2) is 9.69 Å². The van der Waals surface area contributed by atoms with Gasteiger partial charge in [0, 0.05) is 5.92 Å². The molecule has 2 aliphatic rings. The van der Waals surface area contributed by atoms with Gasteiger partial charge >= 0.3 is 6.09 Å². The highest BCUT2D eigenvalue weighted by molar-refractivity contribution is 5.96. The van der Waals surface area contributed by atoms with Crippen molar-refractivity contribution in [3.05, 3.63) is 71.3 Å². The van der Waals surface area contributed by atoms with Gasteiger partial charge in [0.25, 0.3) is 0 Å². The molecule has 2 aromatic rings. The van der Waals surface area contributed by atoms with Crippen LogP contribution in [0.3, 0.4) is 0 Å². The van der Waals surface area contributed by atoms with Gasteiger partial charge < -0.3 is 14.2 Å². The van der Waals surface area contributed by atoms with E-state index < -0.39 is 17.8 Å². The fourth-order valence-electron chi connectivity index (χ4n) is 5.35. The normalized spacial score (nSPS) is 21.9. The molecule has 4 rings (SSSR count). The van der Waals surface area contributed by atoms with Crippen molar-refractivity contribution in [2.45, 2.75) is 58.8 Å². The first kappa shape index (κ1) is 24.4. The number of aryl methyl sites for hydroxylation is 1. The maximum atomic E-state index is 14.4. The molecule has 3 atom stereocenters. The summed E-state index contributed by atoms with van der Waals surface area (Å²) in [6.07, 6.45) is -0.0666. The summed E-state index contributed by atoms with van der Waals surface area (Å²) >= 11 is 0. The number of imide groups is 1. The van der Waals surface area contributed by atoms with Crippen molar-refractivity contribution in [1.29, 1.82) is 0 Å². The Morgan fingerprint density at radius 2 is 1.76 bits per heavy atom. The SMILES string of the molecule is Cc1cccc([C@@H](C(C(=O)N2C(=O)OCC2Cc2ccccc2)C2(C)OCCO2)C(C)(C)C)c1. The van der Waals surface area contributed by atoms with Gasteiger partial charge in [0.15, 0.2) is 5.79 Å². The second-order valence-electron chi connectivity index (χ2n) is 10.6. The lowest BCUT2D eigenvalue weighted by molar-refractivity contribution is -0.201. The summed E-state index contributed by atoms with van der Waals surface area (Å²) in [5, 5.41) is 0. The number of amides is 2. The van der Waals surface area contributed by atoms with Crippen LogP contribution in [0.15, 0.2) is 54.6 Å². The molecule has 6 heteroatoms. The molecule has 182 valence electrons. The van der Waals surface area contributed by atoms with E-state index in [-0.39, 0.29) is 29.9 Å².